The zero-order valence-corrected chi connectivity index (χ0v) is 12.4. The third-order valence-electron chi connectivity index (χ3n) is 3.84. The quantitative estimate of drug-likeness (QED) is 0.860. The number of nitrogens with zero attached hydrogens (tertiary/aromatic N) is 1. The number of aromatic hydroxyl groups is 1. The summed E-state index contributed by atoms with van der Waals surface area (Å²) in [7, 11) is 5.38. The zero-order chi connectivity index (χ0) is 14.9. The molecule has 0 aliphatic heterocycles. The van der Waals surface area contributed by atoms with Crippen LogP contribution in [0.2, 0.25) is 0 Å². The van der Waals surface area contributed by atoms with Crippen LogP contribution in [0.4, 0.5) is 0 Å². The van der Waals surface area contributed by atoms with Crippen molar-refractivity contribution in [3.8, 4) is 11.5 Å². The summed E-state index contributed by atoms with van der Waals surface area (Å²) in [4.78, 5) is 14.4. The summed E-state index contributed by atoms with van der Waals surface area (Å²) in [6.45, 7) is 2.07. The molecule has 1 saturated carbocycles. The van der Waals surface area contributed by atoms with E-state index in [-0.39, 0.29) is 23.5 Å². The molecular formula is C16H21NO3. The van der Waals surface area contributed by atoms with Gasteiger partial charge in [-0.2, -0.15) is 0 Å². The van der Waals surface area contributed by atoms with E-state index in [9.17, 15) is 9.90 Å². The number of phenolic OH excluding ortho intramolecular Hbond substituents is 1. The van der Waals surface area contributed by atoms with Gasteiger partial charge in [-0.1, -0.05) is 13.0 Å². The summed E-state index contributed by atoms with van der Waals surface area (Å²) in [5.74, 6) is 0.956. The minimum atomic E-state index is -0.0322. The van der Waals surface area contributed by atoms with E-state index < -0.39 is 0 Å². The number of phenols is 1. The Morgan fingerprint density at radius 2 is 2.10 bits per heavy atom. The number of carbonyl (C=O) groups excluding carboxylic acids is 1. The fourth-order valence-corrected chi connectivity index (χ4v) is 2.63. The summed E-state index contributed by atoms with van der Waals surface area (Å²) in [6, 6.07) is 5.08. The molecule has 108 valence electrons. The second kappa shape index (κ2) is 5.67. The van der Waals surface area contributed by atoms with E-state index in [1.165, 1.54) is 7.11 Å². The molecule has 1 aliphatic carbocycles. The zero-order valence-electron chi connectivity index (χ0n) is 12.4. The van der Waals surface area contributed by atoms with E-state index >= 15 is 0 Å². The van der Waals surface area contributed by atoms with Gasteiger partial charge in [0.2, 0.25) is 0 Å². The Morgan fingerprint density at radius 3 is 2.65 bits per heavy atom. The summed E-state index contributed by atoms with van der Waals surface area (Å²) >= 11 is 0. The van der Waals surface area contributed by atoms with Crippen molar-refractivity contribution >= 4 is 11.9 Å². The van der Waals surface area contributed by atoms with Gasteiger partial charge in [0.25, 0.3) is 0 Å². The third kappa shape index (κ3) is 2.70. The molecule has 1 fully saturated rings. The molecule has 4 heteroatoms. The first-order valence-corrected chi connectivity index (χ1v) is 6.73. The molecule has 1 aromatic rings. The fraction of sp³-hybridized carbons (Fsp3) is 0.438. The molecule has 4 nitrogen and oxygen atoms in total. The molecule has 0 saturated heterocycles. The summed E-state index contributed by atoms with van der Waals surface area (Å²) in [5.41, 5.74) is 1.71. The number of hydrogen-bond acceptors (Lipinski definition) is 4. The van der Waals surface area contributed by atoms with Crippen molar-refractivity contribution in [3.05, 3.63) is 29.3 Å². The van der Waals surface area contributed by atoms with Crippen molar-refractivity contribution in [2.75, 3.05) is 21.2 Å². The highest BCUT2D eigenvalue weighted by Gasteiger charge is 2.35. The number of benzene rings is 1. The number of ketones is 1. The first kappa shape index (κ1) is 14.6. The largest absolute Gasteiger partial charge is 0.504 e. The van der Waals surface area contributed by atoms with Gasteiger partial charge in [0.15, 0.2) is 17.3 Å². The Kier molecular flexibility index (Phi) is 4.14. The predicted octanol–water partition coefficient (Wildman–Crippen LogP) is 2.32. The van der Waals surface area contributed by atoms with E-state index in [1.54, 1.807) is 18.2 Å². The van der Waals surface area contributed by atoms with E-state index in [1.807, 2.05) is 25.1 Å². The van der Waals surface area contributed by atoms with Gasteiger partial charge in [0.1, 0.15) is 0 Å². The topological polar surface area (TPSA) is 49.8 Å². The summed E-state index contributed by atoms with van der Waals surface area (Å²) in [5, 5.41) is 9.60. The van der Waals surface area contributed by atoms with Gasteiger partial charge in [0.05, 0.1) is 13.2 Å². The average molecular weight is 275 g/mol. The number of hydrogen-bond donors (Lipinski definition) is 1. The van der Waals surface area contributed by atoms with Crippen LogP contribution in [0.3, 0.4) is 0 Å². The number of likely N-dealkylation sites (N-methyl/N-ethyl adjacent to an activating group) is 1. The highest BCUT2D eigenvalue weighted by molar-refractivity contribution is 6.05. The molecule has 0 radical (unpaired) electrons. The molecule has 0 bridgehead atoms. The molecular weight excluding hydrogens is 254 g/mol. The van der Waals surface area contributed by atoms with Gasteiger partial charge in [-0.3, -0.25) is 9.69 Å². The maximum Gasteiger partial charge on any atom is 0.176 e. The second-order valence-electron chi connectivity index (χ2n) is 5.51. The maximum absolute atomic E-state index is 12.4. The first-order valence-electron chi connectivity index (χ1n) is 6.73. The van der Waals surface area contributed by atoms with Crippen LogP contribution < -0.4 is 4.74 Å². The standard InChI is InChI=1S/C16H21NO3/c1-10-7-13(17(2)3)16(19)12(10)8-11-5-6-14(18)15(9-11)20-4/h5-6,8-10,13,18H,7H2,1-4H3. The van der Waals surface area contributed by atoms with Crippen LogP contribution in [0.25, 0.3) is 6.08 Å². The molecule has 0 heterocycles. The molecule has 0 spiro atoms. The lowest BCUT2D eigenvalue weighted by atomic mass is 10.0. The van der Waals surface area contributed by atoms with E-state index in [4.69, 9.17) is 4.74 Å². The number of Topliss-reactive ketones (excluding diaryl/α,β-unsaturated/α-hetero) is 1. The molecule has 1 N–H and O–H groups in total. The van der Waals surface area contributed by atoms with Gasteiger partial charge in [-0.25, -0.2) is 0 Å². The second-order valence-corrected chi connectivity index (χ2v) is 5.51. The van der Waals surface area contributed by atoms with Crippen LogP contribution in [-0.4, -0.2) is 43.0 Å². The van der Waals surface area contributed by atoms with Gasteiger partial charge in [0, 0.05) is 5.57 Å². The van der Waals surface area contributed by atoms with Gasteiger partial charge >= 0.3 is 0 Å². The third-order valence-corrected chi connectivity index (χ3v) is 3.84. The molecule has 0 aromatic heterocycles. The molecule has 1 aromatic carbocycles. The predicted molar refractivity (Wildman–Crippen MR) is 78.9 cm³/mol. The van der Waals surface area contributed by atoms with Crippen LogP contribution in [0, 0.1) is 5.92 Å². The van der Waals surface area contributed by atoms with Crippen LogP contribution >= 0.6 is 0 Å². The number of methoxy groups -OCH3 is 1. The Labute approximate surface area is 119 Å². The monoisotopic (exact) mass is 275 g/mol. The minimum absolute atomic E-state index is 0.0322. The summed E-state index contributed by atoms with van der Waals surface area (Å²) < 4.78 is 5.09. The highest BCUT2D eigenvalue weighted by atomic mass is 16.5. The van der Waals surface area contributed by atoms with E-state index in [2.05, 4.69) is 6.92 Å². The van der Waals surface area contributed by atoms with Gasteiger partial charge < -0.3 is 9.84 Å². The molecule has 2 atom stereocenters. The van der Waals surface area contributed by atoms with Crippen LogP contribution in [-0.2, 0) is 4.79 Å². The Balaban J connectivity index is 2.33. The number of carbonyl (C=O) groups is 1. The molecule has 2 rings (SSSR count). The lowest BCUT2D eigenvalue weighted by molar-refractivity contribution is -0.118. The fourth-order valence-electron chi connectivity index (χ4n) is 2.63. The van der Waals surface area contributed by atoms with Gasteiger partial charge in [-0.15, -0.1) is 0 Å². The lowest BCUT2D eigenvalue weighted by Crippen LogP contribution is -2.31. The smallest absolute Gasteiger partial charge is 0.176 e. The molecule has 20 heavy (non-hydrogen) atoms. The van der Waals surface area contributed by atoms with Crippen molar-refractivity contribution in [1.29, 1.82) is 0 Å². The van der Waals surface area contributed by atoms with Crippen LogP contribution in [0.1, 0.15) is 18.9 Å². The molecule has 0 amide bonds. The lowest BCUT2D eigenvalue weighted by Gasteiger charge is -2.16. The van der Waals surface area contributed by atoms with Crippen molar-refractivity contribution in [3.63, 3.8) is 0 Å². The van der Waals surface area contributed by atoms with Crippen molar-refractivity contribution in [2.45, 2.75) is 19.4 Å². The maximum atomic E-state index is 12.4. The Hall–Kier alpha value is -1.81. The van der Waals surface area contributed by atoms with Crippen molar-refractivity contribution in [2.24, 2.45) is 5.92 Å². The number of rotatable bonds is 3. The van der Waals surface area contributed by atoms with Crippen molar-refractivity contribution < 1.29 is 14.6 Å². The van der Waals surface area contributed by atoms with E-state index in [0.717, 1.165) is 17.6 Å². The average Bonchev–Trinajstić information content (AvgIpc) is 2.69. The van der Waals surface area contributed by atoms with E-state index in [0.29, 0.717) is 5.75 Å². The Morgan fingerprint density at radius 1 is 1.40 bits per heavy atom. The highest BCUT2D eigenvalue weighted by Crippen LogP contribution is 2.33. The number of ether oxygens (including phenoxy) is 1. The Bertz CT molecular complexity index is 549. The molecule has 1 aliphatic rings. The minimum Gasteiger partial charge on any atom is -0.504 e. The van der Waals surface area contributed by atoms with Gasteiger partial charge in [-0.05, 0) is 50.2 Å². The van der Waals surface area contributed by atoms with Crippen molar-refractivity contribution in [1.82, 2.24) is 4.90 Å². The van der Waals surface area contributed by atoms with Crippen LogP contribution in [0.15, 0.2) is 23.8 Å². The normalized spacial score (nSPS) is 24.6. The first-order chi connectivity index (χ1) is 9.43. The molecule has 2 unspecified atom stereocenters. The SMILES string of the molecule is COc1cc(C=C2C(=O)C(N(C)C)CC2C)ccc1O. The summed E-state index contributed by atoms with van der Waals surface area (Å²) in [6.07, 6.45) is 2.76. The van der Waals surface area contributed by atoms with Crippen LogP contribution in [0.5, 0.6) is 11.5 Å².